The standard InChI is InChI=1S/C31H26N4O3/c1-3-29-32-25-17-16-22(30-33-24-9-5-6-10-26(24)34(30)2)18-27(25)35(29)19-20-12-14-21(15-13-20)23-8-4-7-11-28(23)38-31(36)37/h4-18H,3,19H2,1-2H3,(H,36,37). The van der Waals surface area contributed by atoms with Crippen LogP contribution in [0, 0.1) is 0 Å². The number of ether oxygens (including phenoxy) is 1. The first-order valence-electron chi connectivity index (χ1n) is 12.5. The summed E-state index contributed by atoms with van der Waals surface area (Å²) < 4.78 is 9.36. The number of carbonyl (C=O) groups is 1. The van der Waals surface area contributed by atoms with Crippen molar-refractivity contribution in [2.45, 2.75) is 19.9 Å². The molecular formula is C31H26N4O3. The fraction of sp³-hybridized carbons (Fsp3) is 0.129. The Morgan fingerprint density at radius 1 is 0.842 bits per heavy atom. The second-order valence-electron chi connectivity index (χ2n) is 9.22. The minimum absolute atomic E-state index is 0.316. The lowest BCUT2D eigenvalue weighted by Gasteiger charge is -2.11. The Morgan fingerprint density at radius 3 is 2.32 bits per heavy atom. The number of imidazole rings is 2. The summed E-state index contributed by atoms with van der Waals surface area (Å²) in [6, 6.07) is 29.7. The van der Waals surface area contributed by atoms with E-state index in [4.69, 9.17) is 19.8 Å². The lowest BCUT2D eigenvalue weighted by Crippen LogP contribution is -2.05. The molecule has 4 aromatic carbocycles. The summed E-state index contributed by atoms with van der Waals surface area (Å²) in [6.45, 7) is 2.78. The molecule has 0 radical (unpaired) electrons. The zero-order chi connectivity index (χ0) is 26.2. The molecule has 7 nitrogen and oxygen atoms in total. The maximum absolute atomic E-state index is 11.1. The van der Waals surface area contributed by atoms with Crippen LogP contribution in [0.2, 0.25) is 0 Å². The lowest BCUT2D eigenvalue weighted by atomic mass is 10.0. The van der Waals surface area contributed by atoms with E-state index in [1.54, 1.807) is 12.1 Å². The first-order chi connectivity index (χ1) is 18.5. The minimum Gasteiger partial charge on any atom is -0.449 e. The topological polar surface area (TPSA) is 82.2 Å². The van der Waals surface area contributed by atoms with E-state index in [0.717, 1.165) is 62.4 Å². The van der Waals surface area contributed by atoms with E-state index in [2.05, 4.69) is 52.5 Å². The number of hydrogen-bond acceptors (Lipinski definition) is 4. The van der Waals surface area contributed by atoms with Gasteiger partial charge in [0.25, 0.3) is 0 Å². The summed E-state index contributed by atoms with van der Waals surface area (Å²) in [4.78, 5) is 20.9. The zero-order valence-corrected chi connectivity index (χ0v) is 21.1. The Morgan fingerprint density at radius 2 is 1.55 bits per heavy atom. The van der Waals surface area contributed by atoms with Gasteiger partial charge in [-0.15, -0.1) is 0 Å². The number of nitrogens with zero attached hydrogens (tertiary/aromatic N) is 4. The van der Waals surface area contributed by atoms with Crippen molar-refractivity contribution in [1.29, 1.82) is 0 Å². The molecule has 0 atom stereocenters. The predicted molar refractivity (Wildman–Crippen MR) is 148 cm³/mol. The highest BCUT2D eigenvalue weighted by Gasteiger charge is 2.15. The molecule has 0 unspecified atom stereocenters. The van der Waals surface area contributed by atoms with Crippen LogP contribution in [0.5, 0.6) is 5.75 Å². The molecule has 0 saturated heterocycles. The number of aryl methyl sites for hydroxylation is 2. The Balaban J connectivity index is 1.36. The van der Waals surface area contributed by atoms with Crippen LogP contribution in [0.25, 0.3) is 44.6 Å². The average Bonchev–Trinajstić information content (AvgIpc) is 3.46. The van der Waals surface area contributed by atoms with Gasteiger partial charge in [0.05, 0.1) is 22.1 Å². The first-order valence-corrected chi connectivity index (χ1v) is 12.5. The maximum Gasteiger partial charge on any atom is 0.511 e. The molecule has 188 valence electrons. The molecule has 6 rings (SSSR count). The molecule has 38 heavy (non-hydrogen) atoms. The van der Waals surface area contributed by atoms with Crippen molar-refractivity contribution in [1.82, 2.24) is 19.1 Å². The predicted octanol–water partition coefficient (Wildman–Crippen LogP) is 6.92. The summed E-state index contributed by atoms with van der Waals surface area (Å²) in [6.07, 6.45) is -0.514. The molecule has 0 spiro atoms. The second-order valence-corrected chi connectivity index (χ2v) is 9.22. The Kier molecular flexibility index (Phi) is 5.88. The molecule has 2 heterocycles. The summed E-state index contributed by atoms with van der Waals surface area (Å²) in [5, 5.41) is 9.07. The fourth-order valence-corrected chi connectivity index (χ4v) is 5.02. The van der Waals surface area contributed by atoms with Gasteiger partial charge in [0.2, 0.25) is 0 Å². The van der Waals surface area contributed by atoms with Crippen LogP contribution in [-0.4, -0.2) is 30.4 Å². The van der Waals surface area contributed by atoms with Gasteiger partial charge in [0.1, 0.15) is 17.4 Å². The molecule has 1 N–H and O–H groups in total. The number of para-hydroxylation sites is 3. The maximum atomic E-state index is 11.1. The molecule has 7 heteroatoms. The number of benzene rings is 4. The summed E-state index contributed by atoms with van der Waals surface area (Å²) in [5.74, 6) is 2.26. The number of aromatic nitrogens is 4. The van der Waals surface area contributed by atoms with E-state index in [1.807, 2.05) is 49.5 Å². The van der Waals surface area contributed by atoms with Gasteiger partial charge in [0.15, 0.2) is 0 Å². The largest absolute Gasteiger partial charge is 0.511 e. The second kappa shape index (κ2) is 9.52. The van der Waals surface area contributed by atoms with Crippen molar-refractivity contribution in [2.75, 3.05) is 0 Å². The highest BCUT2D eigenvalue weighted by Crippen LogP contribution is 2.31. The third-order valence-corrected chi connectivity index (χ3v) is 6.88. The van der Waals surface area contributed by atoms with Gasteiger partial charge in [-0.25, -0.2) is 14.8 Å². The van der Waals surface area contributed by atoms with Crippen LogP contribution in [-0.2, 0) is 20.0 Å². The number of carboxylic acid groups (broad SMARTS) is 1. The molecule has 0 aliphatic heterocycles. The van der Waals surface area contributed by atoms with Crippen molar-refractivity contribution >= 4 is 28.2 Å². The van der Waals surface area contributed by atoms with E-state index in [0.29, 0.717) is 12.3 Å². The van der Waals surface area contributed by atoms with Crippen LogP contribution in [0.1, 0.15) is 18.3 Å². The summed E-state index contributed by atoms with van der Waals surface area (Å²) in [5.41, 5.74) is 7.88. The van der Waals surface area contributed by atoms with Gasteiger partial charge >= 0.3 is 6.16 Å². The quantitative estimate of drug-likeness (QED) is 0.197. The Bertz CT molecular complexity index is 1800. The molecule has 2 aromatic heterocycles. The minimum atomic E-state index is -1.33. The Labute approximate surface area is 219 Å². The first kappa shape index (κ1) is 23.5. The van der Waals surface area contributed by atoms with Crippen LogP contribution in [0.3, 0.4) is 0 Å². The molecule has 0 fully saturated rings. The Hall–Kier alpha value is -4.91. The lowest BCUT2D eigenvalue weighted by molar-refractivity contribution is 0.144. The molecule has 0 saturated carbocycles. The number of fused-ring (bicyclic) bond motifs is 2. The van der Waals surface area contributed by atoms with Crippen molar-refractivity contribution < 1.29 is 14.6 Å². The molecule has 0 bridgehead atoms. The molecule has 0 aliphatic rings. The van der Waals surface area contributed by atoms with Crippen LogP contribution in [0.4, 0.5) is 4.79 Å². The van der Waals surface area contributed by atoms with Gasteiger partial charge in [0, 0.05) is 31.1 Å². The van der Waals surface area contributed by atoms with E-state index < -0.39 is 6.16 Å². The zero-order valence-electron chi connectivity index (χ0n) is 21.1. The summed E-state index contributed by atoms with van der Waals surface area (Å²) in [7, 11) is 2.05. The average molecular weight is 503 g/mol. The number of hydrogen-bond donors (Lipinski definition) is 1. The molecule has 0 aliphatic carbocycles. The van der Waals surface area contributed by atoms with E-state index in [-0.39, 0.29) is 0 Å². The molecular weight excluding hydrogens is 476 g/mol. The smallest absolute Gasteiger partial charge is 0.449 e. The van der Waals surface area contributed by atoms with Gasteiger partial charge in [-0.1, -0.05) is 61.5 Å². The molecule has 0 amide bonds. The van der Waals surface area contributed by atoms with E-state index >= 15 is 0 Å². The number of rotatable bonds is 6. The van der Waals surface area contributed by atoms with Crippen molar-refractivity contribution in [3.63, 3.8) is 0 Å². The highest BCUT2D eigenvalue weighted by molar-refractivity contribution is 5.85. The van der Waals surface area contributed by atoms with Crippen LogP contribution in [0.15, 0.2) is 91.0 Å². The third kappa shape index (κ3) is 4.18. The van der Waals surface area contributed by atoms with Gasteiger partial charge in [-0.3, -0.25) is 0 Å². The van der Waals surface area contributed by atoms with Gasteiger partial charge < -0.3 is 19.0 Å². The highest BCUT2D eigenvalue weighted by atomic mass is 16.7. The fourth-order valence-electron chi connectivity index (χ4n) is 5.02. The van der Waals surface area contributed by atoms with Crippen molar-refractivity contribution in [3.05, 3.63) is 102 Å². The SMILES string of the molecule is CCc1nc2ccc(-c3nc4ccccc4n3C)cc2n1Cc1ccc(-c2ccccc2OC(=O)O)cc1. The third-order valence-electron chi connectivity index (χ3n) is 6.88. The van der Waals surface area contributed by atoms with Crippen molar-refractivity contribution in [3.8, 4) is 28.3 Å². The van der Waals surface area contributed by atoms with E-state index in [9.17, 15) is 4.79 Å². The summed E-state index contributed by atoms with van der Waals surface area (Å²) >= 11 is 0. The van der Waals surface area contributed by atoms with Crippen LogP contribution >= 0.6 is 0 Å². The molecule has 6 aromatic rings. The van der Waals surface area contributed by atoms with Gasteiger partial charge in [-0.2, -0.15) is 0 Å². The van der Waals surface area contributed by atoms with Gasteiger partial charge in [-0.05, 0) is 47.5 Å². The monoisotopic (exact) mass is 502 g/mol. The van der Waals surface area contributed by atoms with Crippen molar-refractivity contribution in [2.24, 2.45) is 7.05 Å². The van der Waals surface area contributed by atoms with E-state index in [1.165, 1.54) is 0 Å². The van der Waals surface area contributed by atoms with Crippen LogP contribution < -0.4 is 4.74 Å². The normalized spacial score (nSPS) is 11.3.